The minimum atomic E-state index is 0.0259. The number of hydrogen-bond donors (Lipinski definition) is 1. The minimum Gasteiger partial charge on any atom is -0.395 e. The predicted octanol–water partition coefficient (Wildman–Crippen LogP) is 3.63. The summed E-state index contributed by atoms with van der Waals surface area (Å²) in [5, 5.41) is 9.26. The summed E-state index contributed by atoms with van der Waals surface area (Å²) in [6.45, 7) is 6.13. The molecular formula is C18H24N2O2S. The summed E-state index contributed by atoms with van der Waals surface area (Å²) in [5.41, 5.74) is 3.06. The third kappa shape index (κ3) is 4.39. The number of aliphatic hydroxyl groups excluding tert-OH is 1. The van der Waals surface area contributed by atoms with Gasteiger partial charge in [0.1, 0.15) is 0 Å². The zero-order valence-corrected chi connectivity index (χ0v) is 14.8. The third-order valence-electron chi connectivity index (χ3n) is 3.78. The summed E-state index contributed by atoms with van der Waals surface area (Å²) in [6.07, 6.45) is 3.47. The highest BCUT2D eigenvalue weighted by molar-refractivity contribution is 7.11. The standard InChI is InChI=1S/C18H24N2O2S/c1-4-5-6-15-7-9-16(10-8-15)19-18-20(11-12-21)13(2)17(23-18)14(3)22/h7-10,21H,4-6,11-12H2,1-3H3/b19-18-. The van der Waals surface area contributed by atoms with Gasteiger partial charge in [-0.05, 0) is 37.5 Å². The molecule has 0 saturated carbocycles. The molecule has 0 aliphatic heterocycles. The van der Waals surface area contributed by atoms with Gasteiger partial charge < -0.3 is 9.67 Å². The average Bonchev–Trinajstić information content (AvgIpc) is 2.84. The van der Waals surface area contributed by atoms with E-state index >= 15 is 0 Å². The van der Waals surface area contributed by atoms with E-state index in [-0.39, 0.29) is 12.4 Å². The molecule has 23 heavy (non-hydrogen) atoms. The maximum absolute atomic E-state index is 11.7. The molecule has 0 unspecified atom stereocenters. The monoisotopic (exact) mass is 332 g/mol. The number of nitrogens with zero attached hydrogens (tertiary/aromatic N) is 2. The fourth-order valence-electron chi connectivity index (χ4n) is 2.49. The number of benzene rings is 1. The van der Waals surface area contributed by atoms with Crippen molar-refractivity contribution in [1.29, 1.82) is 0 Å². The molecule has 0 aliphatic rings. The van der Waals surface area contributed by atoms with Crippen LogP contribution in [-0.2, 0) is 13.0 Å². The maximum atomic E-state index is 11.7. The van der Waals surface area contributed by atoms with E-state index in [4.69, 9.17) is 0 Å². The largest absolute Gasteiger partial charge is 0.395 e. The van der Waals surface area contributed by atoms with Gasteiger partial charge in [0.15, 0.2) is 10.6 Å². The Morgan fingerprint density at radius 2 is 2.00 bits per heavy atom. The summed E-state index contributed by atoms with van der Waals surface area (Å²) in [7, 11) is 0. The van der Waals surface area contributed by atoms with Crippen LogP contribution in [0.5, 0.6) is 0 Å². The zero-order chi connectivity index (χ0) is 16.8. The number of carbonyl (C=O) groups is 1. The Labute approximate surface area is 141 Å². The molecule has 0 saturated heterocycles. The lowest BCUT2D eigenvalue weighted by atomic mass is 10.1. The number of rotatable bonds is 7. The first kappa shape index (κ1) is 17.6. The number of unbranched alkanes of at least 4 members (excludes halogenated alkanes) is 1. The zero-order valence-electron chi connectivity index (χ0n) is 14.0. The molecule has 4 nitrogen and oxygen atoms in total. The summed E-state index contributed by atoms with van der Waals surface area (Å²) >= 11 is 1.38. The van der Waals surface area contributed by atoms with E-state index in [9.17, 15) is 9.90 Å². The Morgan fingerprint density at radius 3 is 2.57 bits per heavy atom. The molecule has 5 heteroatoms. The maximum Gasteiger partial charge on any atom is 0.190 e. The molecule has 0 aliphatic carbocycles. The molecule has 1 aromatic carbocycles. The van der Waals surface area contributed by atoms with Gasteiger partial charge >= 0.3 is 0 Å². The van der Waals surface area contributed by atoms with Crippen molar-refractivity contribution < 1.29 is 9.90 Å². The first-order valence-corrected chi connectivity index (χ1v) is 8.84. The molecule has 1 heterocycles. The Hall–Kier alpha value is -1.72. The lowest BCUT2D eigenvalue weighted by Crippen LogP contribution is -2.18. The van der Waals surface area contributed by atoms with E-state index in [1.807, 2.05) is 23.6 Å². The highest BCUT2D eigenvalue weighted by Crippen LogP contribution is 2.17. The van der Waals surface area contributed by atoms with Gasteiger partial charge in [0, 0.05) is 19.2 Å². The molecule has 2 rings (SSSR count). The van der Waals surface area contributed by atoms with Crippen LogP contribution >= 0.6 is 11.3 Å². The van der Waals surface area contributed by atoms with Crippen LogP contribution in [0.1, 0.15) is 47.6 Å². The van der Waals surface area contributed by atoms with Gasteiger partial charge in [-0.3, -0.25) is 4.79 Å². The number of carbonyl (C=O) groups excluding carboxylic acids is 1. The Kier molecular flexibility index (Phi) is 6.30. The van der Waals surface area contributed by atoms with Gasteiger partial charge in [-0.1, -0.05) is 36.8 Å². The van der Waals surface area contributed by atoms with Crippen molar-refractivity contribution in [2.75, 3.05) is 6.61 Å². The topological polar surface area (TPSA) is 54.6 Å². The fraction of sp³-hybridized carbons (Fsp3) is 0.444. The van der Waals surface area contributed by atoms with Crippen molar-refractivity contribution in [2.24, 2.45) is 4.99 Å². The molecule has 124 valence electrons. The molecule has 2 aromatic rings. The van der Waals surface area contributed by atoms with Crippen LogP contribution in [0.4, 0.5) is 5.69 Å². The van der Waals surface area contributed by atoms with E-state index in [1.165, 1.54) is 29.7 Å². The smallest absolute Gasteiger partial charge is 0.190 e. The van der Waals surface area contributed by atoms with Crippen molar-refractivity contribution in [3.05, 3.63) is 45.2 Å². The van der Waals surface area contributed by atoms with Gasteiger partial charge in [0.05, 0.1) is 17.2 Å². The van der Waals surface area contributed by atoms with E-state index in [0.29, 0.717) is 11.4 Å². The molecular weight excluding hydrogens is 308 g/mol. The summed E-state index contributed by atoms with van der Waals surface area (Å²) in [5.74, 6) is 0.0375. The third-order valence-corrected chi connectivity index (χ3v) is 5.06. The van der Waals surface area contributed by atoms with E-state index in [1.54, 1.807) is 6.92 Å². The minimum absolute atomic E-state index is 0.0259. The van der Waals surface area contributed by atoms with Crippen molar-refractivity contribution >= 4 is 22.8 Å². The molecule has 0 spiro atoms. The summed E-state index contributed by atoms with van der Waals surface area (Å²) in [6, 6.07) is 8.24. The lowest BCUT2D eigenvalue weighted by molar-refractivity contribution is 0.102. The second kappa shape index (κ2) is 8.22. The predicted molar refractivity (Wildman–Crippen MR) is 94.4 cm³/mol. The fourth-order valence-corrected chi connectivity index (χ4v) is 3.56. The first-order valence-electron chi connectivity index (χ1n) is 8.02. The second-order valence-electron chi connectivity index (χ2n) is 5.61. The second-order valence-corrected chi connectivity index (χ2v) is 6.59. The number of aliphatic hydroxyl groups is 1. The van der Waals surface area contributed by atoms with Crippen LogP contribution in [0.15, 0.2) is 29.3 Å². The van der Waals surface area contributed by atoms with Crippen molar-refractivity contribution in [3.63, 3.8) is 0 Å². The van der Waals surface area contributed by atoms with E-state index in [2.05, 4.69) is 24.0 Å². The molecule has 0 fully saturated rings. The van der Waals surface area contributed by atoms with Crippen LogP contribution in [0.25, 0.3) is 0 Å². The number of aryl methyl sites for hydroxylation is 1. The first-order chi connectivity index (χ1) is 11.1. The molecule has 0 amide bonds. The van der Waals surface area contributed by atoms with Gasteiger partial charge in [0.25, 0.3) is 0 Å². The van der Waals surface area contributed by atoms with Crippen LogP contribution in [0.3, 0.4) is 0 Å². The normalized spacial score (nSPS) is 11.9. The quantitative estimate of drug-likeness (QED) is 0.787. The average molecular weight is 332 g/mol. The molecule has 0 bridgehead atoms. The van der Waals surface area contributed by atoms with E-state index in [0.717, 1.165) is 22.6 Å². The number of ketones is 1. The molecule has 0 radical (unpaired) electrons. The highest BCUT2D eigenvalue weighted by Gasteiger charge is 2.13. The number of Topliss-reactive ketones (excluding diaryl/α,β-unsaturated/α-hetero) is 1. The van der Waals surface area contributed by atoms with Crippen molar-refractivity contribution in [3.8, 4) is 0 Å². The van der Waals surface area contributed by atoms with Crippen LogP contribution in [0.2, 0.25) is 0 Å². The Bertz CT molecular complexity index is 726. The molecule has 0 atom stereocenters. The van der Waals surface area contributed by atoms with E-state index < -0.39 is 0 Å². The van der Waals surface area contributed by atoms with Crippen molar-refractivity contribution in [2.45, 2.75) is 46.6 Å². The highest BCUT2D eigenvalue weighted by atomic mass is 32.1. The molecule has 1 N–H and O–H groups in total. The van der Waals surface area contributed by atoms with Gasteiger partial charge in [0.2, 0.25) is 0 Å². The van der Waals surface area contributed by atoms with Crippen LogP contribution in [-0.4, -0.2) is 22.1 Å². The van der Waals surface area contributed by atoms with Gasteiger partial charge in [-0.15, -0.1) is 0 Å². The summed E-state index contributed by atoms with van der Waals surface area (Å²) < 4.78 is 1.91. The van der Waals surface area contributed by atoms with Crippen LogP contribution < -0.4 is 4.80 Å². The number of aromatic nitrogens is 1. The Balaban J connectivity index is 2.38. The van der Waals surface area contributed by atoms with Crippen molar-refractivity contribution in [1.82, 2.24) is 4.57 Å². The number of thiazole rings is 1. The molecule has 1 aromatic heterocycles. The van der Waals surface area contributed by atoms with Crippen LogP contribution in [0, 0.1) is 6.92 Å². The number of hydrogen-bond acceptors (Lipinski definition) is 4. The summed E-state index contributed by atoms with van der Waals surface area (Å²) in [4.78, 5) is 17.8. The van der Waals surface area contributed by atoms with Gasteiger partial charge in [-0.25, -0.2) is 4.99 Å². The lowest BCUT2D eigenvalue weighted by Gasteiger charge is -2.04. The van der Waals surface area contributed by atoms with Gasteiger partial charge in [-0.2, -0.15) is 0 Å². The Morgan fingerprint density at radius 1 is 1.30 bits per heavy atom. The SMILES string of the molecule is CCCCc1ccc(/N=c2\sc(C(C)=O)c(C)n2CCO)cc1.